The van der Waals surface area contributed by atoms with Crippen molar-refractivity contribution in [2.24, 2.45) is 23.7 Å². The highest BCUT2D eigenvalue weighted by atomic mass is 32.2. The highest BCUT2D eigenvalue weighted by Gasteiger charge is 2.57. The van der Waals surface area contributed by atoms with Crippen LogP contribution in [-0.4, -0.2) is 101 Å². The molecule has 0 spiro atoms. The summed E-state index contributed by atoms with van der Waals surface area (Å²) in [7, 11) is 4.68. The standard InChI is InChI=1S/C35H39O5S.C25H30NOS.C24H23O4S.C23H23O3S/c1-23-14-31(41(29-10-6-4-7-11-29)30-12-8-5-9-13-30)15-24(2)34(23)39-21-32(36)38-22-33(37)40-35(3)27-17-25-16-26(19-27)20-28(35)18-25;1-20-18-24(19-21(2)25(20)27-17-11-16-26(3)4)28(22-12-7-5-8-13-22)23-14-9-6-10-15-23;1-17-14-22(15-18(2)24(17)28-23(26)16-27-19(3)25)29(20-10-6-4-7-11-20)21-12-8-5-9-13-21;1-17-14-21(15-18(2)23(17)26-16-22(24)25-3)27(19-10-6-4-7-11-19)20-12-8-5-9-13-20/h4-15,25-28H,16-22H2,1-3H3;5-10,12-15,18-19H,11,16-17H2,1-4H3;4-15H,16H2,1-3H3;4-15H,16H2,1-3H3/q4*+1. The van der Waals surface area contributed by atoms with Crippen LogP contribution < -0.4 is 18.9 Å². The molecule has 4 aliphatic carbocycles. The minimum absolute atomic E-state index is 0.0827. The van der Waals surface area contributed by atoms with E-state index >= 15 is 0 Å². The van der Waals surface area contributed by atoms with Gasteiger partial charge in [-0.1, -0.05) is 146 Å². The van der Waals surface area contributed by atoms with Crippen molar-refractivity contribution in [1.29, 1.82) is 0 Å². The Balaban J connectivity index is 0.000000154. The molecule has 0 aliphatic heterocycles. The molecule has 0 amide bonds. The fourth-order valence-corrected chi connectivity index (χ4v) is 26.0. The maximum Gasteiger partial charge on any atom is 0.349 e. The van der Waals surface area contributed by atoms with E-state index in [1.165, 1.54) is 85.4 Å². The summed E-state index contributed by atoms with van der Waals surface area (Å²) in [5.41, 5.74) is 7.64. The molecule has 0 saturated heterocycles. The molecule has 16 rings (SSSR count). The summed E-state index contributed by atoms with van der Waals surface area (Å²) in [6.07, 6.45) is 6.99. The molecule has 12 aromatic carbocycles. The van der Waals surface area contributed by atoms with Crippen molar-refractivity contribution in [3.05, 3.63) is 336 Å². The zero-order chi connectivity index (χ0) is 88.5. The lowest BCUT2D eigenvalue weighted by Gasteiger charge is -2.59. The van der Waals surface area contributed by atoms with E-state index < -0.39 is 36.1 Å². The molecule has 0 unspecified atom stereocenters. The lowest BCUT2D eigenvalue weighted by Crippen LogP contribution is -2.58. The number of hydrogen-bond acceptors (Lipinski definition) is 14. The van der Waals surface area contributed by atoms with Gasteiger partial charge in [0.05, 0.1) is 57.3 Å². The normalized spacial score (nSPS) is 15.9. The first-order valence-corrected chi connectivity index (χ1v) is 47.5. The quantitative estimate of drug-likeness (QED) is 0.0143. The molecule has 18 heteroatoms. The minimum atomic E-state index is -0.593. The topological polar surface area (TPSA) is 162 Å². The number of esters is 5. The Morgan fingerprint density at radius 2 is 0.592 bits per heavy atom. The number of methoxy groups -OCH3 is 1. The van der Waals surface area contributed by atoms with Gasteiger partial charge in [-0.05, 0) is 280 Å². The number of rotatable bonds is 29. The van der Waals surface area contributed by atoms with Crippen LogP contribution in [-0.2, 0) is 86.5 Å². The Kier molecular flexibility index (Phi) is 33.5. The van der Waals surface area contributed by atoms with Crippen molar-refractivity contribution < 1.29 is 61.9 Å². The highest BCUT2D eigenvalue weighted by Crippen LogP contribution is 2.59. The largest absolute Gasteiger partial charge is 0.493 e. The van der Waals surface area contributed by atoms with Gasteiger partial charge < -0.3 is 42.8 Å². The summed E-state index contributed by atoms with van der Waals surface area (Å²) >= 11 is 0. The molecule has 4 fully saturated rings. The van der Waals surface area contributed by atoms with Gasteiger partial charge in [-0.2, -0.15) is 0 Å². The van der Waals surface area contributed by atoms with Crippen LogP contribution in [0.25, 0.3) is 0 Å². The summed E-state index contributed by atoms with van der Waals surface area (Å²) in [6, 6.07) is 102. The third-order valence-corrected chi connectivity index (χ3v) is 31.2. The zero-order valence-corrected chi connectivity index (χ0v) is 77.2. The molecule has 0 N–H and O–H groups in total. The maximum atomic E-state index is 12.7. The summed E-state index contributed by atoms with van der Waals surface area (Å²) < 4.78 is 43.9. The minimum Gasteiger partial charge on any atom is -0.493 e. The third kappa shape index (κ3) is 25.1. The van der Waals surface area contributed by atoms with E-state index in [9.17, 15) is 24.0 Å². The number of aryl methyl sites for hydroxylation is 8. The third-order valence-electron chi connectivity index (χ3n) is 22.5. The summed E-state index contributed by atoms with van der Waals surface area (Å²) in [6.45, 7) is 20.2. The van der Waals surface area contributed by atoms with Crippen LogP contribution >= 0.6 is 0 Å². The Morgan fingerprint density at radius 3 is 0.864 bits per heavy atom. The van der Waals surface area contributed by atoms with Gasteiger partial charge in [0.2, 0.25) is 0 Å². The van der Waals surface area contributed by atoms with E-state index in [-0.39, 0.29) is 69.4 Å². The van der Waals surface area contributed by atoms with Gasteiger partial charge in [0.1, 0.15) is 28.6 Å². The van der Waals surface area contributed by atoms with Crippen molar-refractivity contribution in [3.63, 3.8) is 0 Å². The molecule has 0 atom stereocenters. The second-order valence-corrected chi connectivity index (χ2v) is 40.4. The van der Waals surface area contributed by atoms with Gasteiger partial charge in [0, 0.05) is 62.0 Å². The molecular formula is C107H115NO13S4+4. The van der Waals surface area contributed by atoms with Crippen molar-refractivity contribution in [1.82, 2.24) is 4.90 Å². The molecule has 12 aromatic rings. The van der Waals surface area contributed by atoms with Crippen molar-refractivity contribution in [2.75, 3.05) is 60.8 Å². The van der Waals surface area contributed by atoms with Crippen LogP contribution in [0.5, 0.6) is 23.0 Å². The van der Waals surface area contributed by atoms with Crippen molar-refractivity contribution in [3.8, 4) is 23.0 Å². The average molecular weight is 1750 g/mol. The van der Waals surface area contributed by atoms with E-state index in [1.54, 1.807) is 0 Å². The summed E-state index contributed by atoms with van der Waals surface area (Å²) in [5, 5.41) is 0. The molecule has 0 aromatic heterocycles. The smallest absolute Gasteiger partial charge is 0.349 e. The first kappa shape index (κ1) is 92.9. The monoisotopic (exact) mass is 1750 g/mol. The van der Waals surface area contributed by atoms with E-state index in [1.807, 2.05) is 102 Å². The Labute approximate surface area is 750 Å². The van der Waals surface area contributed by atoms with Crippen LogP contribution in [0.1, 0.15) is 96.9 Å². The molecule has 0 radical (unpaired) electrons. The molecule has 0 heterocycles. The van der Waals surface area contributed by atoms with Gasteiger partial charge >= 0.3 is 29.8 Å². The number of carbonyl (C=O) groups excluding carboxylic acids is 5. The molecule has 14 nitrogen and oxygen atoms in total. The van der Waals surface area contributed by atoms with E-state index in [2.05, 4.69) is 275 Å². The molecule has 4 saturated carbocycles. The average Bonchev–Trinajstić information content (AvgIpc) is 0.731. The predicted octanol–water partition coefficient (Wildman–Crippen LogP) is 22.6. The number of nitrogens with zero attached hydrogens (tertiary/aromatic N) is 1. The SMILES string of the molecule is CC(=O)OCC(=O)Oc1c(C)cc([S+](c2ccccc2)c2ccccc2)cc1C.COC(=O)COc1c(C)cc([S+](c2ccccc2)c2ccccc2)cc1C.Cc1cc([S+](c2ccccc2)c2ccccc2)cc(C)c1OCC(=O)OCC(=O)OC1(C)C2CC3CC(C2)CC1C3.Cc1cc([S+](c2ccccc2)c2ccccc2)cc(C)c1OCCCN(C)C. The fourth-order valence-electron chi connectivity index (χ4n) is 17.0. The lowest BCUT2D eigenvalue weighted by atomic mass is 9.50. The first-order chi connectivity index (χ1) is 60.4. The lowest BCUT2D eigenvalue weighted by molar-refractivity contribution is -0.207. The first-order valence-electron chi connectivity index (χ1n) is 42.6. The van der Waals surface area contributed by atoms with Crippen LogP contribution in [0.3, 0.4) is 0 Å². The van der Waals surface area contributed by atoms with Gasteiger partial charge in [0.25, 0.3) is 0 Å². The number of benzene rings is 12. The fraction of sp³-hybridized carbons (Fsp3) is 0.280. The van der Waals surface area contributed by atoms with Crippen LogP contribution in [0.4, 0.5) is 0 Å². The van der Waals surface area contributed by atoms with Gasteiger partial charge in [-0.25, -0.2) is 19.2 Å². The Morgan fingerprint density at radius 1 is 0.328 bits per heavy atom. The second-order valence-electron chi connectivity index (χ2n) is 32.3. The van der Waals surface area contributed by atoms with Gasteiger partial charge in [-0.15, -0.1) is 0 Å². The maximum absolute atomic E-state index is 12.7. The zero-order valence-electron chi connectivity index (χ0n) is 73.9. The summed E-state index contributed by atoms with van der Waals surface area (Å²) in [4.78, 5) is 76.8. The van der Waals surface area contributed by atoms with Crippen LogP contribution in [0.15, 0.2) is 350 Å². The van der Waals surface area contributed by atoms with E-state index in [0.29, 0.717) is 23.3 Å². The Hall–Kier alpha value is -11.3. The number of carbonyl (C=O) groups is 5. The van der Waals surface area contributed by atoms with Crippen LogP contribution in [0.2, 0.25) is 0 Å². The second kappa shape index (κ2) is 45.1. The van der Waals surface area contributed by atoms with Gasteiger partial charge in [0.15, 0.2) is 85.2 Å². The predicted molar refractivity (Wildman–Crippen MR) is 500 cm³/mol. The van der Waals surface area contributed by atoms with Crippen molar-refractivity contribution >= 4 is 73.4 Å². The summed E-state index contributed by atoms with van der Waals surface area (Å²) in [5.74, 6) is 2.88. The van der Waals surface area contributed by atoms with Crippen LogP contribution in [0, 0.1) is 79.1 Å². The molecule has 4 aliphatic rings. The molecule has 4 bridgehead atoms. The molecule has 646 valence electrons. The number of ether oxygens (including phenoxy) is 8. The number of hydrogen-bond donors (Lipinski definition) is 0. The Bertz CT molecular complexity index is 5280. The van der Waals surface area contributed by atoms with Crippen molar-refractivity contribution in [2.45, 2.75) is 172 Å². The van der Waals surface area contributed by atoms with Gasteiger partial charge in [-0.3, -0.25) is 4.79 Å². The molecule has 125 heavy (non-hydrogen) atoms. The van der Waals surface area contributed by atoms with E-state index in [4.69, 9.17) is 33.2 Å². The highest BCUT2D eigenvalue weighted by molar-refractivity contribution is 7.98. The molecular weight excluding hydrogens is 1640 g/mol. The van der Waals surface area contributed by atoms with E-state index in [0.717, 1.165) is 107 Å².